The number of carboxylic acid groups (broad SMARTS) is 1. The van der Waals surface area contributed by atoms with Gasteiger partial charge < -0.3 is 5.11 Å². The summed E-state index contributed by atoms with van der Waals surface area (Å²) >= 11 is 0. The summed E-state index contributed by atoms with van der Waals surface area (Å²) in [7, 11) is 0. The van der Waals surface area contributed by atoms with Gasteiger partial charge in [-0.05, 0) is 77.4 Å². The number of fused-ring (bicyclic) bond motifs is 1. The van der Waals surface area contributed by atoms with E-state index in [1.165, 1.54) is 11.1 Å². The zero-order valence-corrected chi connectivity index (χ0v) is 18.1. The van der Waals surface area contributed by atoms with Crippen molar-refractivity contribution in [2.24, 2.45) is 0 Å². The third-order valence-electron chi connectivity index (χ3n) is 5.86. The Morgan fingerprint density at radius 2 is 1.81 bits per heavy atom. The minimum Gasteiger partial charge on any atom is -0.478 e. The van der Waals surface area contributed by atoms with Crippen LogP contribution in [-0.2, 0) is 11.8 Å². The summed E-state index contributed by atoms with van der Waals surface area (Å²) < 4.78 is 0. The van der Waals surface area contributed by atoms with E-state index in [0.717, 1.165) is 34.4 Å². The van der Waals surface area contributed by atoms with Crippen molar-refractivity contribution in [1.82, 2.24) is 4.98 Å². The fraction of sp³-hybridized carbons (Fsp3) is 0.214. The summed E-state index contributed by atoms with van der Waals surface area (Å²) in [6.45, 7) is 6.48. The molecule has 0 bridgehead atoms. The topological polar surface area (TPSA) is 50.2 Å². The number of nitrogens with zero attached hydrogens (tertiary/aromatic N) is 1. The molecule has 3 heteroatoms. The predicted molar refractivity (Wildman–Crippen MR) is 124 cm³/mol. The number of allylic oxidation sites excluding steroid dienone is 1. The van der Waals surface area contributed by atoms with Crippen LogP contribution in [0.15, 0.2) is 66.9 Å². The second-order valence-electron chi connectivity index (χ2n) is 8.46. The lowest BCUT2D eigenvalue weighted by atomic mass is 9.72. The Morgan fingerprint density at radius 1 is 1.06 bits per heavy atom. The average Bonchev–Trinajstić information content (AvgIpc) is 2.78. The van der Waals surface area contributed by atoms with Crippen LogP contribution in [0.1, 0.15) is 71.1 Å². The highest BCUT2D eigenvalue weighted by molar-refractivity contribution is 5.89. The first-order valence-corrected chi connectivity index (χ1v) is 10.5. The first-order valence-electron chi connectivity index (χ1n) is 10.5. The largest absolute Gasteiger partial charge is 0.478 e. The van der Waals surface area contributed by atoms with Gasteiger partial charge in [-0.3, -0.25) is 4.98 Å². The predicted octanol–water partition coefficient (Wildman–Crippen LogP) is 5.86. The second kappa shape index (κ2) is 8.24. The van der Waals surface area contributed by atoms with Gasteiger partial charge in [-0.2, -0.15) is 0 Å². The number of aromatic carboxylic acids is 1. The highest BCUT2D eigenvalue weighted by Crippen LogP contribution is 2.41. The van der Waals surface area contributed by atoms with Crippen LogP contribution >= 0.6 is 0 Å². The van der Waals surface area contributed by atoms with Crippen LogP contribution in [0.25, 0.3) is 5.57 Å². The van der Waals surface area contributed by atoms with Crippen LogP contribution in [0, 0.1) is 11.8 Å². The molecule has 0 saturated carbocycles. The minimum atomic E-state index is -0.900. The lowest BCUT2D eigenvalue weighted by molar-refractivity contribution is 0.0695. The van der Waals surface area contributed by atoms with E-state index < -0.39 is 5.97 Å². The third-order valence-corrected chi connectivity index (χ3v) is 5.86. The second-order valence-corrected chi connectivity index (χ2v) is 8.46. The van der Waals surface area contributed by atoms with Gasteiger partial charge in [-0.25, -0.2) is 4.79 Å². The summed E-state index contributed by atoms with van der Waals surface area (Å²) in [5, 5.41) is 9.32. The molecule has 3 nitrogen and oxygen atoms in total. The van der Waals surface area contributed by atoms with Crippen molar-refractivity contribution in [2.45, 2.75) is 39.0 Å². The molecule has 0 atom stereocenters. The van der Waals surface area contributed by atoms with Gasteiger partial charge in [-0.15, -0.1) is 0 Å². The van der Waals surface area contributed by atoms with Gasteiger partial charge in [-0.1, -0.05) is 50.8 Å². The molecule has 0 spiro atoms. The smallest absolute Gasteiger partial charge is 0.335 e. The number of carbonyl (C=O) groups is 1. The molecule has 0 unspecified atom stereocenters. The molecule has 1 N–H and O–H groups in total. The van der Waals surface area contributed by atoms with Gasteiger partial charge in [0.05, 0.1) is 11.3 Å². The van der Waals surface area contributed by atoms with Gasteiger partial charge in [0.25, 0.3) is 0 Å². The molecule has 0 saturated heterocycles. The zero-order valence-electron chi connectivity index (χ0n) is 18.1. The van der Waals surface area contributed by atoms with E-state index in [0.29, 0.717) is 12.0 Å². The normalized spacial score (nSPS) is 14.1. The van der Waals surface area contributed by atoms with Crippen LogP contribution < -0.4 is 0 Å². The number of pyridine rings is 1. The SMILES string of the molecule is CCc1cc(C#Cc2ccc3c(c2)C(c2ccccn2)=CCC3(C)C)ccc1C(=O)O. The molecule has 1 heterocycles. The maximum atomic E-state index is 11.4. The number of aryl methyl sites for hydroxylation is 1. The molecule has 3 aromatic rings. The third kappa shape index (κ3) is 4.15. The lowest BCUT2D eigenvalue weighted by Crippen LogP contribution is -2.22. The molecule has 2 aromatic carbocycles. The molecule has 1 aromatic heterocycles. The highest BCUT2D eigenvalue weighted by Gasteiger charge is 2.28. The minimum absolute atomic E-state index is 0.0578. The van der Waals surface area contributed by atoms with E-state index in [9.17, 15) is 9.90 Å². The maximum absolute atomic E-state index is 11.4. The van der Waals surface area contributed by atoms with Crippen molar-refractivity contribution < 1.29 is 9.90 Å². The molecule has 31 heavy (non-hydrogen) atoms. The van der Waals surface area contributed by atoms with Crippen molar-refractivity contribution in [3.63, 3.8) is 0 Å². The highest BCUT2D eigenvalue weighted by atomic mass is 16.4. The molecular weight excluding hydrogens is 382 g/mol. The zero-order chi connectivity index (χ0) is 22.0. The molecule has 0 fully saturated rings. The molecule has 0 aliphatic heterocycles. The number of aromatic nitrogens is 1. The Labute approximate surface area is 183 Å². The van der Waals surface area contributed by atoms with Crippen molar-refractivity contribution in [3.05, 3.63) is 106 Å². The van der Waals surface area contributed by atoms with Crippen LogP contribution in [-0.4, -0.2) is 16.1 Å². The van der Waals surface area contributed by atoms with E-state index in [2.05, 4.69) is 54.9 Å². The Bertz CT molecular complexity index is 1240. The quantitative estimate of drug-likeness (QED) is 0.554. The van der Waals surface area contributed by atoms with Crippen LogP contribution in [0.4, 0.5) is 0 Å². The fourth-order valence-corrected chi connectivity index (χ4v) is 4.09. The molecular formula is C28H25NO2. The van der Waals surface area contributed by atoms with Crippen LogP contribution in [0.5, 0.6) is 0 Å². The average molecular weight is 408 g/mol. The molecule has 1 aliphatic carbocycles. The van der Waals surface area contributed by atoms with Crippen LogP contribution in [0.3, 0.4) is 0 Å². The first kappa shape index (κ1) is 20.6. The van der Waals surface area contributed by atoms with Gasteiger partial charge in [0.2, 0.25) is 0 Å². The number of benzene rings is 2. The van der Waals surface area contributed by atoms with Gasteiger partial charge >= 0.3 is 5.97 Å². The Kier molecular flexibility index (Phi) is 5.48. The van der Waals surface area contributed by atoms with Crippen molar-refractivity contribution in [1.29, 1.82) is 0 Å². The van der Waals surface area contributed by atoms with Crippen molar-refractivity contribution >= 4 is 11.5 Å². The number of hydrogen-bond donors (Lipinski definition) is 1. The summed E-state index contributed by atoms with van der Waals surface area (Å²) in [5.74, 6) is 5.57. The molecule has 1 aliphatic rings. The summed E-state index contributed by atoms with van der Waals surface area (Å²) in [6.07, 6.45) is 5.72. The molecule has 0 amide bonds. The maximum Gasteiger partial charge on any atom is 0.335 e. The fourth-order valence-electron chi connectivity index (χ4n) is 4.09. The summed E-state index contributed by atoms with van der Waals surface area (Å²) in [5.41, 5.74) is 7.55. The Hall–Kier alpha value is -3.64. The number of hydrogen-bond acceptors (Lipinski definition) is 2. The first-order chi connectivity index (χ1) is 14.9. The van der Waals surface area contributed by atoms with E-state index in [1.807, 2.05) is 37.4 Å². The Balaban J connectivity index is 1.74. The van der Waals surface area contributed by atoms with Gasteiger partial charge in [0.1, 0.15) is 0 Å². The standard InChI is InChI=1S/C28H25NO2/c1-4-21-17-19(10-12-22(21)27(30)31)8-9-20-11-13-25-24(18-20)23(14-15-28(25,2)3)26-7-5-6-16-29-26/h5-7,10-14,16-18H,4,15H2,1-3H3,(H,30,31). The van der Waals surface area contributed by atoms with E-state index in [-0.39, 0.29) is 5.41 Å². The van der Waals surface area contributed by atoms with Gasteiger partial charge in [0, 0.05) is 22.9 Å². The molecule has 154 valence electrons. The van der Waals surface area contributed by atoms with Crippen LogP contribution in [0.2, 0.25) is 0 Å². The van der Waals surface area contributed by atoms with E-state index in [1.54, 1.807) is 12.1 Å². The summed E-state index contributed by atoms with van der Waals surface area (Å²) in [6, 6.07) is 17.7. The molecule has 0 radical (unpaired) electrons. The lowest BCUT2D eigenvalue weighted by Gasteiger charge is -2.32. The Morgan fingerprint density at radius 3 is 2.48 bits per heavy atom. The molecule has 4 rings (SSSR count). The van der Waals surface area contributed by atoms with E-state index >= 15 is 0 Å². The number of rotatable bonds is 3. The van der Waals surface area contributed by atoms with Gasteiger partial charge in [0.15, 0.2) is 0 Å². The summed E-state index contributed by atoms with van der Waals surface area (Å²) in [4.78, 5) is 15.9. The monoisotopic (exact) mass is 407 g/mol. The van der Waals surface area contributed by atoms with E-state index in [4.69, 9.17) is 0 Å². The van der Waals surface area contributed by atoms with Crippen molar-refractivity contribution in [2.75, 3.05) is 0 Å². The van der Waals surface area contributed by atoms with Crippen molar-refractivity contribution in [3.8, 4) is 11.8 Å². The number of carboxylic acids is 1.